The lowest BCUT2D eigenvalue weighted by molar-refractivity contribution is 0.0447. The molecule has 0 atom stereocenters. The number of para-hydroxylation sites is 1. The maximum absolute atomic E-state index is 11.9. The molecule has 0 saturated heterocycles. The van der Waals surface area contributed by atoms with Gasteiger partial charge in [-0.1, -0.05) is 40.8 Å². The van der Waals surface area contributed by atoms with Gasteiger partial charge in [-0.05, 0) is 32.0 Å². The Morgan fingerprint density at radius 2 is 1.95 bits per heavy atom. The molecule has 0 aliphatic carbocycles. The van der Waals surface area contributed by atoms with E-state index in [2.05, 4.69) is 22.6 Å². The van der Waals surface area contributed by atoms with Gasteiger partial charge in [0.25, 0.3) is 0 Å². The molecule has 1 heterocycles. The lowest BCUT2D eigenvalue weighted by Gasteiger charge is -2.09. The minimum atomic E-state index is -0.398. The van der Waals surface area contributed by atoms with Crippen LogP contribution in [0.25, 0.3) is 11.0 Å². The van der Waals surface area contributed by atoms with Crippen molar-refractivity contribution in [2.45, 2.75) is 6.92 Å². The van der Waals surface area contributed by atoms with E-state index in [0.29, 0.717) is 18.9 Å². The number of alkyl halides is 1. The number of likely N-dealkylation sites (N-methyl/N-ethyl adjacent to an activating group) is 1. The van der Waals surface area contributed by atoms with E-state index in [0.717, 1.165) is 16.5 Å². The number of benzene rings is 1. The van der Waals surface area contributed by atoms with Crippen molar-refractivity contribution in [3.05, 3.63) is 35.6 Å². The van der Waals surface area contributed by atoms with Crippen molar-refractivity contribution in [1.82, 2.24) is 4.90 Å². The number of ether oxygens (including phenoxy) is 1. The molecular formula is C15H20INO3. The minimum absolute atomic E-state index is 0.301. The largest absolute Gasteiger partial charge is 0.458 e. The van der Waals surface area contributed by atoms with Gasteiger partial charge in [0.2, 0.25) is 5.76 Å². The van der Waals surface area contributed by atoms with Gasteiger partial charge in [0, 0.05) is 17.5 Å². The topological polar surface area (TPSA) is 42.7 Å². The third-order valence-corrected chi connectivity index (χ3v) is 2.80. The first-order valence-electron chi connectivity index (χ1n) is 6.27. The Morgan fingerprint density at radius 1 is 1.30 bits per heavy atom. The smallest absolute Gasteiger partial charge is 0.374 e. The first-order chi connectivity index (χ1) is 9.59. The van der Waals surface area contributed by atoms with E-state index in [1.165, 1.54) is 0 Å². The summed E-state index contributed by atoms with van der Waals surface area (Å²) >= 11 is 2.15. The Balaban J connectivity index is 0.000000956. The zero-order valence-electron chi connectivity index (χ0n) is 12.3. The Hall–Kier alpha value is -1.08. The number of halogens is 1. The van der Waals surface area contributed by atoms with Gasteiger partial charge in [-0.25, -0.2) is 4.79 Å². The fraction of sp³-hybridized carbons (Fsp3) is 0.400. The monoisotopic (exact) mass is 389 g/mol. The predicted molar refractivity (Wildman–Crippen MR) is 89.7 cm³/mol. The zero-order chi connectivity index (χ0) is 15.1. The molecule has 1 aromatic carbocycles. The molecule has 1 aromatic heterocycles. The van der Waals surface area contributed by atoms with E-state index in [4.69, 9.17) is 9.15 Å². The highest BCUT2D eigenvalue weighted by Crippen LogP contribution is 2.25. The van der Waals surface area contributed by atoms with Crippen LogP contribution in [0.3, 0.4) is 0 Å². The SMILES string of the molecule is CI.Cc1c(C(=O)OCCN(C)C)oc2ccccc12. The maximum atomic E-state index is 11.9. The van der Waals surface area contributed by atoms with Gasteiger partial charge >= 0.3 is 5.97 Å². The van der Waals surface area contributed by atoms with Gasteiger partial charge in [-0.2, -0.15) is 0 Å². The van der Waals surface area contributed by atoms with Crippen molar-refractivity contribution in [3.8, 4) is 0 Å². The van der Waals surface area contributed by atoms with Gasteiger partial charge in [-0.15, -0.1) is 0 Å². The third-order valence-electron chi connectivity index (χ3n) is 2.80. The summed E-state index contributed by atoms with van der Waals surface area (Å²) in [4.78, 5) is 15.8. The molecule has 0 radical (unpaired) electrons. The van der Waals surface area contributed by atoms with E-state index < -0.39 is 5.97 Å². The molecule has 4 nitrogen and oxygen atoms in total. The highest BCUT2D eigenvalue weighted by Gasteiger charge is 2.18. The normalized spacial score (nSPS) is 10.3. The molecule has 0 spiro atoms. The zero-order valence-corrected chi connectivity index (χ0v) is 14.4. The molecular weight excluding hydrogens is 369 g/mol. The van der Waals surface area contributed by atoms with Crippen LogP contribution in [0.5, 0.6) is 0 Å². The first-order valence-corrected chi connectivity index (χ1v) is 8.43. The number of esters is 1. The number of rotatable bonds is 4. The van der Waals surface area contributed by atoms with Crippen molar-refractivity contribution >= 4 is 39.5 Å². The summed E-state index contributed by atoms with van der Waals surface area (Å²) in [6.07, 6.45) is 0. The van der Waals surface area contributed by atoms with Crippen molar-refractivity contribution in [3.63, 3.8) is 0 Å². The Labute approximate surface area is 133 Å². The number of carbonyl (C=O) groups is 1. The number of furan rings is 1. The molecule has 110 valence electrons. The standard InChI is InChI=1S/C14H17NO3.CH3I/c1-10-11-6-4-5-7-12(11)18-13(10)14(16)17-9-8-15(2)3;1-2/h4-7H,8-9H2,1-3H3;1H3. The second-order valence-corrected chi connectivity index (χ2v) is 4.49. The van der Waals surface area contributed by atoms with Crippen molar-refractivity contribution < 1.29 is 13.9 Å². The van der Waals surface area contributed by atoms with Gasteiger partial charge < -0.3 is 14.1 Å². The van der Waals surface area contributed by atoms with Crippen LogP contribution < -0.4 is 0 Å². The molecule has 0 aliphatic rings. The van der Waals surface area contributed by atoms with Crippen molar-refractivity contribution in [2.75, 3.05) is 32.2 Å². The summed E-state index contributed by atoms with van der Waals surface area (Å²) in [5.74, 6) is -0.0968. The molecule has 0 bridgehead atoms. The molecule has 0 amide bonds. The minimum Gasteiger partial charge on any atom is -0.458 e. The quantitative estimate of drug-likeness (QED) is 0.456. The molecule has 20 heavy (non-hydrogen) atoms. The molecule has 0 N–H and O–H groups in total. The van der Waals surface area contributed by atoms with E-state index in [1.54, 1.807) is 0 Å². The van der Waals surface area contributed by atoms with Crippen LogP contribution in [0.15, 0.2) is 28.7 Å². The van der Waals surface area contributed by atoms with Gasteiger partial charge in [0.1, 0.15) is 12.2 Å². The number of aryl methyl sites for hydroxylation is 1. The fourth-order valence-corrected chi connectivity index (χ4v) is 1.76. The number of carbonyl (C=O) groups excluding carboxylic acids is 1. The van der Waals surface area contributed by atoms with Crippen LogP contribution in [0.1, 0.15) is 16.1 Å². The van der Waals surface area contributed by atoms with E-state index in [9.17, 15) is 4.79 Å². The number of nitrogens with zero attached hydrogens (tertiary/aromatic N) is 1. The van der Waals surface area contributed by atoms with Gasteiger partial charge in [0.05, 0.1) is 0 Å². The Kier molecular flexibility index (Phi) is 7.01. The van der Waals surface area contributed by atoms with Gasteiger partial charge in [0.15, 0.2) is 0 Å². The Morgan fingerprint density at radius 3 is 2.55 bits per heavy atom. The van der Waals surface area contributed by atoms with Crippen LogP contribution in [0.2, 0.25) is 0 Å². The molecule has 2 aromatic rings. The second-order valence-electron chi connectivity index (χ2n) is 4.49. The van der Waals surface area contributed by atoms with Crippen LogP contribution in [0.4, 0.5) is 0 Å². The lowest BCUT2D eigenvalue weighted by Crippen LogP contribution is -2.20. The average molecular weight is 389 g/mol. The van der Waals surface area contributed by atoms with Crippen molar-refractivity contribution in [1.29, 1.82) is 0 Å². The predicted octanol–water partition coefficient (Wildman–Crippen LogP) is 3.51. The molecule has 0 unspecified atom stereocenters. The van der Waals surface area contributed by atoms with E-state index >= 15 is 0 Å². The molecule has 5 heteroatoms. The summed E-state index contributed by atoms with van der Waals surface area (Å²) < 4.78 is 10.7. The summed E-state index contributed by atoms with van der Waals surface area (Å²) in [7, 11) is 3.86. The van der Waals surface area contributed by atoms with Crippen LogP contribution in [0, 0.1) is 6.92 Å². The number of hydrogen-bond acceptors (Lipinski definition) is 4. The highest BCUT2D eigenvalue weighted by atomic mass is 127. The Bertz CT molecular complexity index is 563. The van der Waals surface area contributed by atoms with Crippen LogP contribution in [-0.2, 0) is 4.74 Å². The summed E-state index contributed by atoms with van der Waals surface area (Å²) in [5.41, 5.74) is 1.55. The van der Waals surface area contributed by atoms with E-state index in [-0.39, 0.29) is 0 Å². The van der Waals surface area contributed by atoms with Crippen LogP contribution in [-0.4, -0.2) is 43.0 Å². The van der Waals surface area contributed by atoms with Gasteiger partial charge in [-0.3, -0.25) is 0 Å². The van der Waals surface area contributed by atoms with E-state index in [1.807, 2.05) is 55.1 Å². The number of hydrogen-bond donors (Lipinski definition) is 0. The maximum Gasteiger partial charge on any atom is 0.374 e. The summed E-state index contributed by atoms with van der Waals surface area (Å²) in [6, 6.07) is 7.59. The molecule has 0 saturated carbocycles. The molecule has 0 aliphatic heterocycles. The molecule has 2 rings (SSSR count). The third kappa shape index (κ3) is 4.21. The number of fused-ring (bicyclic) bond motifs is 1. The van der Waals surface area contributed by atoms with Crippen molar-refractivity contribution in [2.24, 2.45) is 0 Å². The fourth-order valence-electron chi connectivity index (χ4n) is 1.76. The van der Waals surface area contributed by atoms with Crippen LogP contribution >= 0.6 is 22.6 Å². The second kappa shape index (κ2) is 8.26. The lowest BCUT2D eigenvalue weighted by atomic mass is 10.1. The summed E-state index contributed by atoms with van der Waals surface area (Å²) in [5, 5.41) is 0.956. The summed E-state index contributed by atoms with van der Waals surface area (Å²) in [6.45, 7) is 2.93. The first kappa shape index (κ1) is 17.0. The average Bonchev–Trinajstić information content (AvgIpc) is 2.78. The highest BCUT2D eigenvalue weighted by molar-refractivity contribution is 14.1. The molecule has 0 fully saturated rings.